The van der Waals surface area contributed by atoms with Gasteiger partial charge >= 0.3 is 0 Å². The fraction of sp³-hybridized carbons (Fsp3) is 0.588. The summed E-state index contributed by atoms with van der Waals surface area (Å²) in [6.07, 6.45) is 0. The molecular formula is C17H30N4. The second-order valence-electron chi connectivity index (χ2n) is 5.76. The van der Waals surface area contributed by atoms with E-state index in [0.29, 0.717) is 18.4 Å². The van der Waals surface area contributed by atoms with Crippen LogP contribution in [-0.4, -0.2) is 30.5 Å². The molecule has 1 rings (SSSR count). The Morgan fingerprint density at radius 1 is 1.24 bits per heavy atom. The lowest BCUT2D eigenvalue weighted by molar-refractivity contribution is 0.296. The van der Waals surface area contributed by atoms with Gasteiger partial charge < -0.3 is 11.1 Å². The predicted molar refractivity (Wildman–Crippen MR) is 91.2 cm³/mol. The van der Waals surface area contributed by atoms with Crippen molar-refractivity contribution in [1.29, 1.82) is 0 Å². The van der Waals surface area contributed by atoms with Gasteiger partial charge in [0.1, 0.15) is 0 Å². The van der Waals surface area contributed by atoms with Crippen LogP contribution in [0.5, 0.6) is 0 Å². The number of nitrogens with zero attached hydrogens (tertiary/aromatic N) is 2. The molecule has 4 heteroatoms. The topological polar surface area (TPSA) is 53.6 Å². The molecule has 0 aliphatic carbocycles. The largest absolute Gasteiger partial charge is 0.370 e. The summed E-state index contributed by atoms with van der Waals surface area (Å²) in [4.78, 5) is 6.80. The van der Waals surface area contributed by atoms with Crippen molar-refractivity contribution in [2.75, 3.05) is 19.6 Å². The standard InChI is InChI=1S/C17H30N4/c1-5-21(6-2)13-16-9-7-8-15(10-16)12-20-17(18)19-11-14(3)4/h7-10,14H,5-6,11-13H2,1-4H3,(H3,18,19,20). The first kappa shape index (κ1) is 17.5. The average molecular weight is 290 g/mol. The maximum absolute atomic E-state index is 5.86. The molecule has 0 amide bonds. The molecule has 21 heavy (non-hydrogen) atoms. The van der Waals surface area contributed by atoms with Crippen LogP contribution in [0.1, 0.15) is 38.8 Å². The summed E-state index contributed by atoms with van der Waals surface area (Å²) >= 11 is 0. The fourth-order valence-electron chi connectivity index (χ4n) is 2.07. The summed E-state index contributed by atoms with van der Waals surface area (Å²) in [7, 11) is 0. The SMILES string of the molecule is CCN(CC)Cc1cccc(CN=C(N)NCC(C)C)c1. The molecule has 1 aromatic rings. The Labute approximate surface area is 129 Å². The van der Waals surface area contributed by atoms with Crippen LogP contribution in [-0.2, 0) is 13.1 Å². The summed E-state index contributed by atoms with van der Waals surface area (Å²) in [5.41, 5.74) is 8.40. The number of nitrogens with one attached hydrogen (secondary N) is 1. The maximum Gasteiger partial charge on any atom is 0.188 e. The van der Waals surface area contributed by atoms with Gasteiger partial charge in [-0.2, -0.15) is 0 Å². The Kier molecular flexibility index (Phi) is 7.83. The van der Waals surface area contributed by atoms with Crippen molar-refractivity contribution in [3.05, 3.63) is 35.4 Å². The molecule has 1 aromatic carbocycles. The highest BCUT2D eigenvalue weighted by Crippen LogP contribution is 2.09. The minimum Gasteiger partial charge on any atom is -0.370 e. The second-order valence-corrected chi connectivity index (χ2v) is 5.76. The van der Waals surface area contributed by atoms with Gasteiger partial charge in [0.15, 0.2) is 5.96 Å². The minimum absolute atomic E-state index is 0.526. The molecular weight excluding hydrogens is 260 g/mol. The van der Waals surface area contributed by atoms with E-state index in [2.05, 4.69) is 67.2 Å². The average Bonchev–Trinajstić information content (AvgIpc) is 2.49. The molecule has 0 spiro atoms. The van der Waals surface area contributed by atoms with Crippen LogP contribution in [0.3, 0.4) is 0 Å². The molecule has 3 N–H and O–H groups in total. The third-order valence-corrected chi connectivity index (χ3v) is 3.42. The Bertz CT molecular complexity index is 436. The summed E-state index contributed by atoms with van der Waals surface area (Å²) in [5, 5.41) is 3.14. The highest BCUT2D eigenvalue weighted by molar-refractivity contribution is 5.77. The van der Waals surface area contributed by atoms with E-state index in [1.54, 1.807) is 0 Å². The van der Waals surface area contributed by atoms with Gasteiger partial charge in [-0.25, -0.2) is 4.99 Å². The van der Waals surface area contributed by atoms with Crippen LogP contribution in [0.25, 0.3) is 0 Å². The van der Waals surface area contributed by atoms with E-state index >= 15 is 0 Å². The quantitative estimate of drug-likeness (QED) is 0.571. The van der Waals surface area contributed by atoms with E-state index < -0.39 is 0 Å². The highest BCUT2D eigenvalue weighted by Gasteiger charge is 2.02. The lowest BCUT2D eigenvalue weighted by atomic mass is 10.1. The third kappa shape index (κ3) is 7.14. The Morgan fingerprint density at radius 3 is 2.52 bits per heavy atom. The van der Waals surface area contributed by atoms with E-state index in [-0.39, 0.29) is 0 Å². The maximum atomic E-state index is 5.86. The molecule has 0 fully saturated rings. The van der Waals surface area contributed by atoms with Gasteiger partial charge in [0.05, 0.1) is 6.54 Å². The van der Waals surface area contributed by atoms with Crippen LogP contribution in [0.15, 0.2) is 29.3 Å². The van der Waals surface area contributed by atoms with Crippen molar-refractivity contribution >= 4 is 5.96 Å². The summed E-state index contributed by atoms with van der Waals surface area (Å²) in [6, 6.07) is 8.59. The highest BCUT2D eigenvalue weighted by atomic mass is 15.1. The number of rotatable bonds is 8. The van der Waals surface area contributed by atoms with Crippen molar-refractivity contribution in [1.82, 2.24) is 10.2 Å². The first-order valence-electron chi connectivity index (χ1n) is 7.89. The Morgan fingerprint density at radius 2 is 1.90 bits per heavy atom. The summed E-state index contributed by atoms with van der Waals surface area (Å²) in [6.45, 7) is 13.3. The van der Waals surface area contributed by atoms with Gasteiger partial charge in [0.25, 0.3) is 0 Å². The molecule has 0 saturated heterocycles. The first-order valence-corrected chi connectivity index (χ1v) is 7.89. The lowest BCUT2D eigenvalue weighted by Gasteiger charge is -2.18. The monoisotopic (exact) mass is 290 g/mol. The van der Waals surface area contributed by atoms with Gasteiger partial charge in [-0.05, 0) is 30.1 Å². The minimum atomic E-state index is 0.526. The zero-order chi connectivity index (χ0) is 15.7. The van der Waals surface area contributed by atoms with Gasteiger partial charge in [0.2, 0.25) is 0 Å². The molecule has 118 valence electrons. The van der Waals surface area contributed by atoms with E-state index in [0.717, 1.165) is 26.2 Å². The van der Waals surface area contributed by atoms with Gasteiger partial charge in [0, 0.05) is 13.1 Å². The van der Waals surface area contributed by atoms with E-state index in [1.165, 1.54) is 11.1 Å². The normalized spacial score (nSPS) is 12.2. The molecule has 0 unspecified atom stereocenters. The molecule has 0 heterocycles. The van der Waals surface area contributed by atoms with Crippen molar-refractivity contribution < 1.29 is 0 Å². The van der Waals surface area contributed by atoms with Crippen LogP contribution in [0, 0.1) is 5.92 Å². The molecule has 0 atom stereocenters. The molecule has 0 radical (unpaired) electrons. The first-order chi connectivity index (χ1) is 10.0. The van der Waals surface area contributed by atoms with Gasteiger partial charge in [-0.3, -0.25) is 4.90 Å². The van der Waals surface area contributed by atoms with Crippen molar-refractivity contribution in [2.24, 2.45) is 16.6 Å². The van der Waals surface area contributed by atoms with Crippen molar-refractivity contribution in [3.8, 4) is 0 Å². The third-order valence-electron chi connectivity index (χ3n) is 3.42. The number of benzene rings is 1. The van der Waals surface area contributed by atoms with E-state index in [1.807, 2.05) is 0 Å². The zero-order valence-corrected chi connectivity index (χ0v) is 13.9. The van der Waals surface area contributed by atoms with Crippen LogP contribution in [0.4, 0.5) is 0 Å². The predicted octanol–water partition coefficient (Wildman–Crippen LogP) is 2.59. The van der Waals surface area contributed by atoms with Crippen molar-refractivity contribution in [2.45, 2.75) is 40.8 Å². The number of nitrogens with two attached hydrogens (primary N) is 1. The van der Waals surface area contributed by atoms with E-state index in [9.17, 15) is 0 Å². The molecule has 4 nitrogen and oxygen atoms in total. The van der Waals surface area contributed by atoms with Crippen molar-refractivity contribution in [3.63, 3.8) is 0 Å². The molecule has 0 aromatic heterocycles. The van der Waals surface area contributed by atoms with Crippen LogP contribution in [0.2, 0.25) is 0 Å². The van der Waals surface area contributed by atoms with Gasteiger partial charge in [-0.15, -0.1) is 0 Å². The number of hydrogen-bond donors (Lipinski definition) is 2. The second kappa shape index (κ2) is 9.40. The van der Waals surface area contributed by atoms with Gasteiger partial charge in [-0.1, -0.05) is 52.0 Å². The number of hydrogen-bond acceptors (Lipinski definition) is 2. The molecule has 0 bridgehead atoms. The fourth-order valence-corrected chi connectivity index (χ4v) is 2.07. The van der Waals surface area contributed by atoms with Crippen LogP contribution < -0.4 is 11.1 Å². The summed E-state index contributed by atoms with van der Waals surface area (Å²) in [5.74, 6) is 1.09. The molecule has 0 saturated carbocycles. The zero-order valence-electron chi connectivity index (χ0n) is 13.9. The lowest BCUT2D eigenvalue weighted by Crippen LogP contribution is -2.34. The number of aliphatic imine (C=N–C) groups is 1. The Hall–Kier alpha value is -1.55. The smallest absolute Gasteiger partial charge is 0.188 e. The summed E-state index contributed by atoms with van der Waals surface area (Å²) < 4.78 is 0. The van der Waals surface area contributed by atoms with Crippen LogP contribution >= 0.6 is 0 Å². The molecule has 0 aliphatic heterocycles. The number of guanidine groups is 1. The van der Waals surface area contributed by atoms with E-state index in [4.69, 9.17) is 5.73 Å². The Balaban J connectivity index is 2.58. The molecule has 0 aliphatic rings.